The summed E-state index contributed by atoms with van der Waals surface area (Å²) in [5.74, 6) is -0.616. The number of rotatable bonds is 4. The van der Waals surface area contributed by atoms with Crippen LogP contribution in [0.25, 0.3) is 0 Å². The highest BCUT2D eigenvalue weighted by atomic mass is 16.2. The fraction of sp³-hybridized carbons (Fsp3) is 0.273. The Hall–Kier alpha value is -2.44. The van der Waals surface area contributed by atoms with E-state index in [9.17, 15) is 14.4 Å². The van der Waals surface area contributed by atoms with E-state index in [2.05, 4.69) is 15.6 Å². The number of imide groups is 1. The van der Waals surface area contributed by atoms with Crippen molar-refractivity contribution in [3.63, 3.8) is 0 Å². The van der Waals surface area contributed by atoms with Crippen molar-refractivity contribution in [1.82, 2.24) is 20.5 Å². The number of carbonyl (C=O) groups is 3. The Bertz CT molecular complexity index is 458. The summed E-state index contributed by atoms with van der Waals surface area (Å²) < 4.78 is 0. The van der Waals surface area contributed by atoms with Crippen molar-refractivity contribution in [1.29, 1.82) is 0 Å². The Morgan fingerprint density at radius 3 is 2.89 bits per heavy atom. The summed E-state index contributed by atoms with van der Waals surface area (Å²) in [7, 11) is 0. The van der Waals surface area contributed by atoms with Crippen LogP contribution in [-0.2, 0) is 4.79 Å². The zero-order chi connectivity index (χ0) is 13.0. The fourth-order valence-corrected chi connectivity index (χ4v) is 1.55. The third kappa shape index (κ3) is 2.62. The Morgan fingerprint density at radius 2 is 2.28 bits per heavy atom. The quantitative estimate of drug-likeness (QED) is 0.693. The molecule has 0 radical (unpaired) electrons. The molecular formula is C11H12N4O3. The molecule has 0 unspecified atom stereocenters. The monoisotopic (exact) mass is 248 g/mol. The van der Waals surface area contributed by atoms with Crippen LogP contribution < -0.4 is 10.6 Å². The molecule has 0 saturated carbocycles. The van der Waals surface area contributed by atoms with Crippen LogP contribution in [0, 0.1) is 0 Å². The van der Waals surface area contributed by atoms with Crippen molar-refractivity contribution < 1.29 is 14.4 Å². The van der Waals surface area contributed by atoms with E-state index < -0.39 is 6.03 Å². The highest BCUT2D eigenvalue weighted by molar-refractivity contribution is 6.02. The van der Waals surface area contributed by atoms with Gasteiger partial charge in [0.2, 0.25) is 5.91 Å². The van der Waals surface area contributed by atoms with Gasteiger partial charge < -0.3 is 10.6 Å². The van der Waals surface area contributed by atoms with Crippen LogP contribution >= 0.6 is 0 Å². The van der Waals surface area contributed by atoms with Crippen LogP contribution in [0.5, 0.6) is 0 Å². The molecule has 0 spiro atoms. The van der Waals surface area contributed by atoms with Gasteiger partial charge in [0, 0.05) is 19.3 Å². The van der Waals surface area contributed by atoms with Crippen molar-refractivity contribution in [3.05, 3.63) is 30.1 Å². The average Bonchev–Trinajstić information content (AvgIpc) is 2.71. The lowest BCUT2D eigenvalue weighted by Crippen LogP contribution is -2.38. The number of urea groups is 1. The Kier molecular flexibility index (Phi) is 3.52. The zero-order valence-electron chi connectivity index (χ0n) is 9.55. The summed E-state index contributed by atoms with van der Waals surface area (Å²) in [6.07, 6.45) is 1.52. The minimum Gasteiger partial charge on any atom is -0.349 e. The zero-order valence-corrected chi connectivity index (χ0v) is 9.55. The summed E-state index contributed by atoms with van der Waals surface area (Å²) in [6.45, 7) is 0.380. The van der Waals surface area contributed by atoms with E-state index >= 15 is 0 Å². The van der Waals surface area contributed by atoms with E-state index in [-0.39, 0.29) is 31.4 Å². The van der Waals surface area contributed by atoms with Crippen molar-refractivity contribution in [3.8, 4) is 0 Å². The molecule has 0 aliphatic carbocycles. The van der Waals surface area contributed by atoms with Gasteiger partial charge in [-0.3, -0.25) is 19.5 Å². The molecule has 1 fully saturated rings. The number of pyridine rings is 1. The highest BCUT2D eigenvalue weighted by Crippen LogP contribution is 1.97. The molecule has 94 valence electrons. The highest BCUT2D eigenvalue weighted by Gasteiger charge is 2.27. The lowest BCUT2D eigenvalue weighted by atomic mass is 10.3. The summed E-state index contributed by atoms with van der Waals surface area (Å²) in [5, 5.41) is 4.99. The SMILES string of the molecule is O=C(NCCN1C(=O)CNC1=O)c1ccccn1. The first-order valence-corrected chi connectivity index (χ1v) is 5.46. The summed E-state index contributed by atoms with van der Waals surface area (Å²) in [6, 6.07) is 4.58. The number of nitrogens with one attached hydrogen (secondary N) is 2. The summed E-state index contributed by atoms with van der Waals surface area (Å²) in [5.41, 5.74) is 0.301. The normalized spacial score (nSPS) is 14.6. The van der Waals surface area contributed by atoms with Crippen LogP contribution in [0.2, 0.25) is 0 Å². The van der Waals surface area contributed by atoms with E-state index in [4.69, 9.17) is 0 Å². The largest absolute Gasteiger partial charge is 0.349 e. The van der Waals surface area contributed by atoms with Gasteiger partial charge in [0.1, 0.15) is 5.69 Å². The second-order valence-electron chi connectivity index (χ2n) is 3.67. The number of hydrogen-bond donors (Lipinski definition) is 2. The van der Waals surface area contributed by atoms with Crippen molar-refractivity contribution in [2.75, 3.05) is 19.6 Å². The second-order valence-corrected chi connectivity index (χ2v) is 3.67. The predicted molar refractivity (Wildman–Crippen MR) is 61.7 cm³/mol. The van der Waals surface area contributed by atoms with E-state index in [1.165, 1.54) is 6.20 Å². The lowest BCUT2D eigenvalue weighted by molar-refractivity contribution is -0.124. The van der Waals surface area contributed by atoms with Crippen LogP contribution in [0.15, 0.2) is 24.4 Å². The number of hydrogen-bond acceptors (Lipinski definition) is 4. The number of amides is 4. The van der Waals surface area contributed by atoms with Crippen LogP contribution in [-0.4, -0.2) is 47.4 Å². The molecule has 0 bridgehead atoms. The van der Waals surface area contributed by atoms with Gasteiger partial charge >= 0.3 is 6.03 Å². The molecule has 18 heavy (non-hydrogen) atoms. The maximum absolute atomic E-state index is 11.6. The Balaban J connectivity index is 1.81. The molecule has 7 heteroatoms. The summed E-state index contributed by atoms with van der Waals surface area (Å²) in [4.78, 5) is 39.0. The minimum atomic E-state index is -0.424. The smallest absolute Gasteiger partial charge is 0.324 e. The molecule has 4 amide bonds. The van der Waals surface area contributed by atoms with Crippen molar-refractivity contribution in [2.45, 2.75) is 0 Å². The minimum absolute atomic E-state index is 0.0209. The number of nitrogens with zero attached hydrogens (tertiary/aromatic N) is 2. The van der Waals surface area contributed by atoms with Crippen LogP contribution in [0.1, 0.15) is 10.5 Å². The van der Waals surface area contributed by atoms with Crippen molar-refractivity contribution in [2.24, 2.45) is 0 Å². The number of aromatic nitrogens is 1. The van der Waals surface area contributed by atoms with Crippen LogP contribution in [0.3, 0.4) is 0 Å². The molecule has 2 rings (SSSR count). The molecule has 2 heterocycles. The van der Waals surface area contributed by atoms with Gasteiger partial charge in [0.15, 0.2) is 0 Å². The van der Waals surface area contributed by atoms with Gasteiger partial charge in [0.05, 0.1) is 6.54 Å². The Labute approximate surface area is 103 Å². The van der Waals surface area contributed by atoms with Gasteiger partial charge in [-0.2, -0.15) is 0 Å². The van der Waals surface area contributed by atoms with Gasteiger partial charge in [-0.1, -0.05) is 6.07 Å². The molecular weight excluding hydrogens is 236 g/mol. The van der Waals surface area contributed by atoms with E-state index in [1.54, 1.807) is 18.2 Å². The molecule has 1 aromatic heterocycles. The van der Waals surface area contributed by atoms with Gasteiger partial charge in [0.25, 0.3) is 5.91 Å². The molecule has 0 aromatic carbocycles. The van der Waals surface area contributed by atoms with Gasteiger partial charge in [-0.25, -0.2) is 4.79 Å². The third-order valence-corrected chi connectivity index (χ3v) is 2.46. The van der Waals surface area contributed by atoms with Crippen molar-refractivity contribution >= 4 is 17.8 Å². The van der Waals surface area contributed by atoms with E-state index in [0.717, 1.165) is 4.90 Å². The first kappa shape index (κ1) is 12.0. The standard InChI is InChI=1S/C11H12N4O3/c16-9-7-14-11(18)15(9)6-5-13-10(17)8-3-1-2-4-12-8/h1-4H,5-7H2,(H,13,17)(H,14,18). The fourth-order valence-electron chi connectivity index (χ4n) is 1.55. The Morgan fingerprint density at radius 1 is 1.44 bits per heavy atom. The topological polar surface area (TPSA) is 91.4 Å². The first-order chi connectivity index (χ1) is 8.68. The maximum atomic E-state index is 11.6. The predicted octanol–water partition coefficient (Wildman–Crippen LogP) is -0.637. The molecule has 0 atom stereocenters. The maximum Gasteiger partial charge on any atom is 0.324 e. The summed E-state index contributed by atoms with van der Waals surface area (Å²) >= 11 is 0. The van der Waals surface area contributed by atoms with E-state index in [1.807, 2.05) is 0 Å². The molecule has 1 saturated heterocycles. The first-order valence-electron chi connectivity index (χ1n) is 5.46. The second kappa shape index (κ2) is 5.26. The number of carbonyl (C=O) groups excluding carboxylic acids is 3. The van der Waals surface area contributed by atoms with E-state index in [0.29, 0.717) is 5.69 Å². The molecule has 1 aromatic rings. The lowest BCUT2D eigenvalue weighted by Gasteiger charge is -2.12. The molecule has 7 nitrogen and oxygen atoms in total. The average molecular weight is 248 g/mol. The van der Waals surface area contributed by atoms with Crippen LogP contribution in [0.4, 0.5) is 4.79 Å². The molecule has 1 aliphatic rings. The van der Waals surface area contributed by atoms with Gasteiger partial charge in [-0.05, 0) is 12.1 Å². The third-order valence-electron chi connectivity index (χ3n) is 2.46. The van der Waals surface area contributed by atoms with Gasteiger partial charge in [-0.15, -0.1) is 0 Å². The molecule has 1 aliphatic heterocycles. The molecule has 2 N–H and O–H groups in total.